The minimum absolute atomic E-state index is 0.0240. The Balaban J connectivity index is 2.57. The molecule has 1 aromatic carbocycles. The largest absolute Gasteiger partial charge is 0.476 e. The first-order chi connectivity index (χ1) is 8.50. The van der Waals surface area contributed by atoms with Crippen LogP contribution in [0.1, 0.15) is 35.9 Å². The maximum atomic E-state index is 13.6. The first-order valence-electron chi connectivity index (χ1n) is 5.58. The summed E-state index contributed by atoms with van der Waals surface area (Å²) in [5, 5.41) is 9.07. The molecule has 0 aliphatic carbocycles. The fraction of sp³-hybridized carbons (Fsp3) is 0.231. The summed E-state index contributed by atoms with van der Waals surface area (Å²) in [5.74, 6) is -1.32. The van der Waals surface area contributed by atoms with Gasteiger partial charge in [-0.05, 0) is 18.1 Å². The molecular weight excluding hydrogens is 235 g/mol. The minimum Gasteiger partial charge on any atom is -0.476 e. The fourth-order valence-electron chi connectivity index (χ4n) is 1.75. The highest BCUT2D eigenvalue weighted by atomic mass is 19.1. The molecule has 94 valence electrons. The van der Waals surface area contributed by atoms with E-state index in [2.05, 4.69) is 9.97 Å². The molecule has 0 unspecified atom stereocenters. The van der Waals surface area contributed by atoms with Gasteiger partial charge < -0.3 is 10.1 Å². The van der Waals surface area contributed by atoms with Gasteiger partial charge in [0.25, 0.3) is 0 Å². The number of hydrogen-bond acceptors (Lipinski definition) is 2. The molecule has 1 heterocycles. The van der Waals surface area contributed by atoms with Crippen molar-refractivity contribution in [1.29, 1.82) is 0 Å². The number of rotatable bonds is 3. The maximum Gasteiger partial charge on any atom is 0.356 e. The van der Waals surface area contributed by atoms with Gasteiger partial charge in [-0.2, -0.15) is 0 Å². The van der Waals surface area contributed by atoms with E-state index in [4.69, 9.17) is 5.11 Å². The van der Waals surface area contributed by atoms with Crippen molar-refractivity contribution in [1.82, 2.24) is 9.97 Å². The van der Waals surface area contributed by atoms with E-state index in [1.54, 1.807) is 18.2 Å². The molecule has 0 spiro atoms. The molecule has 0 radical (unpaired) electrons. The summed E-state index contributed by atoms with van der Waals surface area (Å²) in [7, 11) is 0. The third kappa shape index (κ3) is 2.11. The van der Waals surface area contributed by atoms with Crippen molar-refractivity contribution in [3.05, 3.63) is 41.5 Å². The van der Waals surface area contributed by atoms with E-state index < -0.39 is 11.8 Å². The lowest BCUT2D eigenvalue weighted by molar-refractivity contribution is 0.0689. The Kier molecular flexibility index (Phi) is 3.14. The van der Waals surface area contributed by atoms with Crippen LogP contribution in [0, 0.1) is 5.82 Å². The average molecular weight is 248 g/mol. The van der Waals surface area contributed by atoms with Crippen LogP contribution in [0.2, 0.25) is 0 Å². The molecule has 0 saturated carbocycles. The molecule has 0 fully saturated rings. The molecule has 0 aliphatic heterocycles. The SMILES string of the molecule is CC(C)c1[nH]c(-c2ccccc2F)nc1C(=O)O. The normalized spacial score (nSPS) is 10.9. The highest BCUT2D eigenvalue weighted by molar-refractivity contribution is 5.88. The lowest BCUT2D eigenvalue weighted by atomic mass is 10.1. The smallest absolute Gasteiger partial charge is 0.356 e. The molecule has 1 aromatic heterocycles. The molecule has 5 heteroatoms. The number of carbonyl (C=O) groups is 1. The molecule has 0 saturated heterocycles. The first-order valence-corrected chi connectivity index (χ1v) is 5.58. The maximum absolute atomic E-state index is 13.6. The number of imidazole rings is 1. The second-order valence-electron chi connectivity index (χ2n) is 4.29. The van der Waals surface area contributed by atoms with Crippen LogP contribution in [0.25, 0.3) is 11.4 Å². The topological polar surface area (TPSA) is 66.0 Å². The van der Waals surface area contributed by atoms with Crippen molar-refractivity contribution in [2.24, 2.45) is 0 Å². The predicted molar refractivity (Wildman–Crippen MR) is 65.0 cm³/mol. The Hall–Kier alpha value is -2.17. The third-order valence-electron chi connectivity index (χ3n) is 2.64. The van der Waals surface area contributed by atoms with Crippen LogP contribution in [-0.2, 0) is 0 Å². The van der Waals surface area contributed by atoms with E-state index in [1.807, 2.05) is 13.8 Å². The number of carboxylic acids is 1. The second-order valence-corrected chi connectivity index (χ2v) is 4.29. The van der Waals surface area contributed by atoms with Gasteiger partial charge in [0.2, 0.25) is 0 Å². The summed E-state index contributed by atoms with van der Waals surface area (Å²) >= 11 is 0. The molecule has 4 nitrogen and oxygen atoms in total. The Bertz CT molecular complexity index is 590. The number of H-pyrrole nitrogens is 1. The summed E-state index contributed by atoms with van der Waals surface area (Å²) in [4.78, 5) is 17.9. The van der Waals surface area contributed by atoms with E-state index in [-0.39, 0.29) is 23.0 Å². The van der Waals surface area contributed by atoms with E-state index in [0.29, 0.717) is 5.69 Å². The molecule has 0 amide bonds. The molecule has 2 N–H and O–H groups in total. The van der Waals surface area contributed by atoms with Crippen LogP contribution in [0.3, 0.4) is 0 Å². The third-order valence-corrected chi connectivity index (χ3v) is 2.64. The second kappa shape index (κ2) is 4.60. The van der Waals surface area contributed by atoms with E-state index >= 15 is 0 Å². The molecule has 2 aromatic rings. The van der Waals surface area contributed by atoms with E-state index in [0.717, 1.165) is 0 Å². The van der Waals surface area contributed by atoms with Gasteiger partial charge in [0.15, 0.2) is 5.69 Å². The first kappa shape index (κ1) is 12.3. The number of benzene rings is 1. The lowest BCUT2D eigenvalue weighted by Gasteiger charge is -2.01. The number of nitrogens with one attached hydrogen (secondary N) is 1. The van der Waals surface area contributed by atoms with Gasteiger partial charge in [-0.3, -0.25) is 0 Å². The quantitative estimate of drug-likeness (QED) is 0.877. The Morgan fingerprint density at radius 1 is 1.39 bits per heavy atom. The Morgan fingerprint density at radius 2 is 2.06 bits per heavy atom. The van der Waals surface area contributed by atoms with Crippen LogP contribution in [0.5, 0.6) is 0 Å². The van der Waals surface area contributed by atoms with Gasteiger partial charge >= 0.3 is 5.97 Å². The van der Waals surface area contributed by atoms with Crippen molar-refractivity contribution in [3.63, 3.8) is 0 Å². The highest BCUT2D eigenvalue weighted by Crippen LogP contribution is 2.24. The standard InChI is InChI=1S/C13H13FN2O2/c1-7(2)10-11(13(17)18)16-12(15-10)8-5-3-4-6-9(8)14/h3-7H,1-2H3,(H,15,16)(H,17,18). The zero-order chi connectivity index (χ0) is 13.3. The number of halogens is 1. The monoisotopic (exact) mass is 248 g/mol. The van der Waals surface area contributed by atoms with Gasteiger partial charge in [0, 0.05) is 0 Å². The number of aromatic nitrogens is 2. The number of aromatic carboxylic acids is 1. The zero-order valence-corrected chi connectivity index (χ0v) is 10.1. The summed E-state index contributed by atoms with van der Waals surface area (Å²) in [6.45, 7) is 3.70. The van der Waals surface area contributed by atoms with Crippen LogP contribution in [-0.4, -0.2) is 21.0 Å². The zero-order valence-electron chi connectivity index (χ0n) is 10.1. The van der Waals surface area contributed by atoms with Crippen LogP contribution < -0.4 is 0 Å². The van der Waals surface area contributed by atoms with Gasteiger partial charge in [-0.1, -0.05) is 26.0 Å². The molecule has 2 rings (SSSR count). The molecule has 18 heavy (non-hydrogen) atoms. The minimum atomic E-state index is -1.11. The summed E-state index contributed by atoms with van der Waals surface area (Å²) in [6.07, 6.45) is 0. The lowest BCUT2D eigenvalue weighted by Crippen LogP contribution is -2.02. The Labute approximate surface area is 103 Å². The van der Waals surface area contributed by atoms with Gasteiger partial charge in [-0.25, -0.2) is 14.2 Å². The number of hydrogen-bond donors (Lipinski definition) is 2. The fourth-order valence-corrected chi connectivity index (χ4v) is 1.75. The van der Waals surface area contributed by atoms with Gasteiger partial charge in [-0.15, -0.1) is 0 Å². The Morgan fingerprint density at radius 3 is 2.56 bits per heavy atom. The van der Waals surface area contributed by atoms with Crippen LogP contribution in [0.4, 0.5) is 4.39 Å². The summed E-state index contributed by atoms with van der Waals surface area (Å²) < 4.78 is 13.6. The molecule has 0 aliphatic rings. The van der Waals surface area contributed by atoms with Crippen molar-refractivity contribution in [2.45, 2.75) is 19.8 Å². The van der Waals surface area contributed by atoms with Gasteiger partial charge in [0.05, 0.1) is 11.3 Å². The summed E-state index contributed by atoms with van der Waals surface area (Å²) in [6, 6.07) is 6.12. The molecule has 0 atom stereocenters. The van der Waals surface area contributed by atoms with Gasteiger partial charge in [0.1, 0.15) is 11.6 Å². The highest BCUT2D eigenvalue weighted by Gasteiger charge is 2.20. The number of carboxylic acid groups (broad SMARTS) is 1. The number of aromatic amines is 1. The van der Waals surface area contributed by atoms with Crippen molar-refractivity contribution in [2.75, 3.05) is 0 Å². The summed E-state index contributed by atoms with van der Waals surface area (Å²) in [5.41, 5.74) is 0.718. The van der Waals surface area contributed by atoms with Crippen LogP contribution in [0.15, 0.2) is 24.3 Å². The van der Waals surface area contributed by atoms with Crippen molar-refractivity contribution in [3.8, 4) is 11.4 Å². The van der Waals surface area contributed by atoms with Crippen LogP contribution >= 0.6 is 0 Å². The number of nitrogens with zero attached hydrogens (tertiary/aromatic N) is 1. The van der Waals surface area contributed by atoms with E-state index in [9.17, 15) is 9.18 Å². The van der Waals surface area contributed by atoms with E-state index in [1.165, 1.54) is 6.07 Å². The average Bonchev–Trinajstić information content (AvgIpc) is 2.74. The predicted octanol–water partition coefficient (Wildman–Crippen LogP) is 3.04. The molecular formula is C13H13FN2O2. The van der Waals surface area contributed by atoms with Crippen molar-refractivity contribution >= 4 is 5.97 Å². The molecule has 0 bridgehead atoms. The van der Waals surface area contributed by atoms with Crippen molar-refractivity contribution < 1.29 is 14.3 Å².